The van der Waals surface area contributed by atoms with E-state index in [1.54, 1.807) is 63.2 Å². The van der Waals surface area contributed by atoms with E-state index in [1.165, 1.54) is 6.92 Å². The number of hydrogen-bond donors (Lipinski definition) is 4. The summed E-state index contributed by atoms with van der Waals surface area (Å²) < 4.78 is 5.77. The van der Waals surface area contributed by atoms with Crippen LogP contribution in [0.3, 0.4) is 0 Å². The van der Waals surface area contributed by atoms with E-state index in [2.05, 4.69) is 10.6 Å². The first-order chi connectivity index (χ1) is 18.7. The van der Waals surface area contributed by atoms with Gasteiger partial charge in [-0.15, -0.1) is 0 Å². The maximum Gasteiger partial charge on any atom is 0.326 e. The van der Waals surface area contributed by atoms with E-state index in [0.29, 0.717) is 39.8 Å². The summed E-state index contributed by atoms with van der Waals surface area (Å²) in [6.07, 6.45) is 0.756. The number of benzene rings is 2. The summed E-state index contributed by atoms with van der Waals surface area (Å²) in [6, 6.07) is 9.75. The summed E-state index contributed by atoms with van der Waals surface area (Å²) in [6.45, 7) is 6.80. The van der Waals surface area contributed by atoms with Crippen molar-refractivity contribution in [2.75, 3.05) is 0 Å². The first-order valence-electron chi connectivity index (χ1n) is 12.9. The van der Waals surface area contributed by atoms with Gasteiger partial charge < -0.3 is 25.6 Å². The highest BCUT2D eigenvalue weighted by molar-refractivity contribution is 6.35. The number of ether oxygens (including phenoxy) is 1. The Hall–Kier alpha value is -3.30. The Morgan fingerprint density at radius 2 is 1.57 bits per heavy atom. The topological polar surface area (TPSA) is 142 Å². The lowest BCUT2D eigenvalue weighted by molar-refractivity contribution is -0.147. The molecule has 2 aromatic rings. The summed E-state index contributed by atoms with van der Waals surface area (Å²) in [5.74, 6) is -3.35. The van der Waals surface area contributed by atoms with Crippen molar-refractivity contribution in [1.82, 2.24) is 10.6 Å². The number of hydrogen-bond acceptors (Lipinski definition) is 5. The highest BCUT2D eigenvalue weighted by Crippen LogP contribution is 2.56. The molecule has 9 nitrogen and oxygen atoms in total. The fourth-order valence-electron chi connectivity index (χ4n) is 5.04. The third-order valence-electron chi connectivity index (χ3n) is 8.18. The molecule has 11 heteroatoms. The van der Waals surface area contributed by atoms with Gasteiger partial charge in [0.05, 0.1) is 5.41 Å². The molecule has 0 bridgehead atoms. The molecule has 0 spiro atoms. The number of carboxylic acids is 2. The number of carboxylic acid groups (broad SMARTS) is 2. The average Bonchev–Trinajstić information content (AvgIpc) is 3.13. The van der Waals surface area contributed by atoms with Crippen LogP contribution in [0.1, 0.15) is 51.7 Å². The zero-order chi connectivity index (χ0) is 29.8. The van der Waals surface area contributed by atoms with Gasteiger partial charge in [-0.1, -0.05) is 62.2 Å². The van der Waals surface area contributed by atoms with Gasteiger partial charge in [-0.05, 0) is 55.0 Å². The number of carbonyl (C=O) groups excluding carboxylic acids is 2. The lowest BCUT2D eigenvalue weighted by Crippen LogP contribution is -2.53. The fourth-order valence-corrected chi connectivity index (χ4v) is 5.55. The van der Waals surface area contributed by atoms with Crippen LogP contribution in [0.15, 0.2) is 42.5 Å². The summed E-state index contributed by atoms with van der Waals surface area (Å²) in [4.78, 5) is 49.5. The number of halogens is 2. The highest BCUT2D eigenvalue weighted by Gasteiger charge is 2.58. The summed E-state index contributed by atoms with van der Waals surface area (Å²) >= 11 is 12.4. The Kier molecular flexibility index (Phi) is 9.74. The summed E-state index contributed by atoms with van der Waals surface area (Å²) in [5, 5.41) is 25.1. The molecule has 2 aromatic carbocycles. The third kappa shape index (κ3) is 6.70. The predicted octanol–water partition coefficient (Wildman–Crippen LogP) is 4.72. The van der Waals surface area contributed by atoms with E-state index < -0.39 is 52.6 Å². The molecule has 4 atom stereocenters. The van der Waals surface area contributed by atoms with Crippen LogP contribution >= 0.6 is 23.2 Å². The molecule has 40 heavy (non-hydrogen) atoms. The van der Waals surface area contributed by atoms with Crippen molar-refractivity contribution in [3.63, 3.8) is 0 Å². The van der Waals surface area contributed by atoms with Gasteiger partial charge in [-0.2, -0.15) is 0 Å². The van der Waals surface area contributed by atoms with Crippen molar-refractivity contribution < 1.29 is 34.1 Å². The molecule has 1 fully saturated rings. The quantitative estimate of drug-likeness (QED) is 0.296. The van der Waals surface area contributed by atoms with Crippen LogP contribution in [-0.2, 0) is 32.2 Å². The lowest BCUT2D eigenvalue weighted by atomic mass is 9.65. The molecular weight excluding hydrogens is 559 g/mol. The average molecular weight is 594 g/mol. The largest absolute Gasteiger partial charge is 0.489 e. The normalized spacial score (nSPS) is 21.2. The van der Waals surface area contributed by atoms with E-state index in [1.807, 2.05) is 0 Å². The summed E-state index contributed by atoms with van der Waals surface area (Å²) in [7, 11) is 0. The van der Waals surface area contributed by atoms with Crippen molar-refractivity contribution in [3.8, 4) is 5.75 Å². The Labute approximate surface area is 243 Å². The fraction of sp³-hybridized carbons (Fsp3) is 0.448. The van der Waals surface area contributed by atoms with Crippen LogP contribution in [0.5, 0.6) is 5.75 Å². The van der Waals surface area contributed by atoms with Crippen molar-refractivity contribution in [1.29, 1.82) is 0 Å². The van der Waals surface area contributed by atoms with Crippen LogP contribution in [-0.4, -0.2) is 46.0 Å². The first kappa shape index (κ1) is 31.2. The van der Waals surface area contributed by atoms with Gasteiger partial charge >= 0.3 is 11.9 Å². The number of carbonyl (C=O) groups is 4. The molecule has 0 aromatic heterocycles. The Bertz CT molecular complexity index is 1260. The smallest absolute Gasteiger partial charge is 0.326 e. The minimum atomic E-state index is -1.19. The number of nitrogens with one attached hydrogen (secondary N) is 2. The molecular formula is C29H34Cl2N2O7. The minimum Gasteiger partial charge on any atom is -0.489 e. The molecule has 0 radical (unpaired) electrons. The molecule has 0 aliphatic heterocycles. The van der Waals surface area contributed by atoms with Gasteiger partial charge in [0.2, 0.25) is 11.8 Å². The van der Waals surface area contributed by atoms with Crippen molar-refractivity contribution >= 4 is 47.0 Å². The van der Waals surface area contributed by atoms with Gasteiger partial charge in [-0.25, -0.2) is 4.79 Å². The zero-order valence-corrected chi connectivity index (χ0v) is 24.3. The van der Waals surface area contributed by atoms with Crippen LogP contribution in [0.2, 0.25) is 10.0 Å². The Morgan fingerprint density at radius 1 is 0.975 bits per heavy atom. The van der Waals surface area contributed by atoms with Gasteiger partial charge in [0.25, 0.3) is 0 Å². The first-order valence-corrected chi connectivity index (χ1v) is 13.6. The van der Waals surface area contributed by atoms with Gasteiger partial charge in [0.1, 0.15) is 24.4 Å². The molecule has 216 valence electrons. The summed E-state index contributed by atoms with van der Waals surface area (Å²) in [5.41, 5.74) is -0.537. The second-order valence-corrected chi connectivity index (χ2v) is 11.7. The number of rotatable bonds is 11. The monoisotopic (exact) mass is 592 g/mol. The molecule has 0 saturated heterocycles. The molecule has 1 aliphatic rings. The van der Waals surface area contributed by atoms with E-state index in [0.717, 1.165) is 0 Å². The van der Waals surface area contributed by atoms with E-state index >= 15 is 0 Å². The third-order valence-corrected chi connectivity index (χ3v) is 8.89. The van der Waals surface area contributed by atoms with E-state index in [-0.39, 0.29) is 13.0 Å². The second-order valence-electron chi connectivity index (χ2n) is 10.9. The van der Waals surface area contributed by atoms with Crippen molar-refractivity contribution in [2.24, 2.45) is 16.7 Å². The van der Waals surface area contributed by atoms with Crippen LogP contribution in [0.4, 0.5) is 0 Å². The van der Waals surface area contributed by atoms with Gasteiger partial charge in [0, 0.05) is 27.9 Å². The standard InChI is InChI=1S/C29H34Cl2N2O7/c1-16(25(35)36)32-27(39)29(4)13-12-20(28(29,2)3)24(34)33-23(26(37)38)14-17-8-10-18(11-9-17)40-15-19-21(30)6-5-7-22(19)31/h5-11,16,20,23H,12-15H2,1-4H3,(H,32,39)(H,33,34)(H,35,36)(H,37,38)/t16-,20+,23-,29+/m0/s1. The molecule has 1 aliphatic carbocycles. The molecule has 3 rings (SSSR count). The van der Waals surface area contributed by atoms with Crippen molar-refractivity contribution in [3.05, 3.63) is 63.6 Å². The molecule has 0 heterocycles. The van der Waals surface area contributed by atoms with E-state index in [9.17, 15) is 24.3 Å². The number of amides is 2. The van der Waals surface area contributed by atoms with Gasteiger partial charge in [-0.3, -0.25) is 14.4 Å². The predicted molar refractivity (Wildman–Crippen MR) is 150 cm³/mol. The Morgan fingerprint density at radius 3 is 2.12 bits per heavy atom. The molecule has 4 N–H and O–H groups in total. The van der Waals surface area contributed by atoms with Crippen LogP contribution in [0, 0.1) is 16.7 Å². The maximum absolute atomic E-state index is 13.3. The number of aliphatic carboxylic acids is 2. The highest BCUT2D eigenvalue weighted by atomic mass is 35.5. The molecule has 0 unspecified atom stereocenters. The minimum absolute atomic E-state index is 0.0404. The molecule has 1 saturated carbocycles. The van der Waals surface area contributed by atoms with Gasteiger partial charge in [0.15, 0.2) is 0 Å². The Balaban J connectivity index is 1.64. The zero-order valence-electron chi connectivity index (χ0n) is 22.8. The lowest BCUT2D eigenvalue weighted by Gasteiger charge is -2.40. The van der Waals surface area contributed by atoms with Crippen LogP contribution < -0.4 is 15.4 Å². The second kappa shape index (κ2) is 12.5. The van der Waals surface area contributed by atoms with Crippen molar-refractivity contribution in [2.45, 2.75) is 65.6 Å². The SMILES string of the molecule is C[C@H](NC(=O)[C@@]1(C)CC[C@H](C(=O)N[C@@H](Cc2ccc(OCc3c(Cl)cccc3Cl)cc2)C(=O)O)C1(C)C)C(=O)O. The molecule has 2 amide bonds. The van der Waals surface area contributed by atoms with Crippen LogP contribution in [0.25, 0.3) is 0 Å². The maximum atomic E-state index is 13.3. The van der Waals surface area contributed by atoms with E-state index in [4.69, 9.17) is 33.0 Å².